The van der Waals surface area contributed by atoms with Crippen LogP contribution in [0.15, 0.2) is 11.6 Å². The van der Waals surface area contributed by atoms with Crippen molar-refractivity contribution >= 4 is 11.9 Å². The summed E-state index contributed by atoms with van der Waals surface area (Å²) in [6.45, 7) is 6.09. The minimum absolute atomic E-state index is 0.0447. The van der Waals surface area contributed by atoms with Crippen molar-refractivity contribution in [2.45, 2.75) is 189 Å². The number of ether oxygens (including phenoxy) is 9. The average Bonchev–Trinajstić information content (AvgIpc) is 3.77. The van der Waals surface area contributed by atoms with Gasteiger partial charge in [-0.1, -0.05) is 13.8 Å². The third-order valence-electron chi connectivity index (χ3n) is 16.8. The summed E-state index contributed by atoms with van der Waals surface area (Å²) in [4.78, 5) is 24.5. The highest BCUT2D eigenvalue weighted by Gasteiger charge is 2.71. The van der Waals surface area contributed by atoms with Crippen molar-refractivity contribution in [3.63, 3.8) is 0 Å². The highest BCUT2D eigenvalue weighted by Crippen LogP contribution is 2.70. The molecule has 4 aliphatic carbocycles. The Morgan fingerprint density at radius 3 is 2.06 bits per heavy atom. The Hall–Kier alpha value is -1.96. The predicted octanol–water partition coefficient (Wildman–Crippen LogP) is -1.70. The molecule has 0 aromatic carbocycles. The maximum Gasteiger partial charge on any atom is 0.331 e. The number of hydrogen-bond donors (Lipinski definition) is 9. The van der Waals surface area contributed by atoms with Crippen LogP contribution in [0.2, 0.25) is 0 Å². The lowest BCUT2D eigenvalue weighted by Gasteiger charge is -2.63. The van der Waals surface area contributed by atoms with Gasteiger partial charge in [-0.05, 0) is 80.6 Å². The molecule has 7 fully saturated rings. The molecule has 20 nitrogen and oxygen atoms in total. The number of esters is 2. The van der Waals surface area contributed by atoms with E-state index in [1.807, 2.05) is 0 Å². The first-order chi connectivity index (χ1) is 30.3. The Balaban J connectivity index is 0.894. The van der Waals surface area contributed by atoms with Crippen molar-refractivity contribution in [3.8, 4) is 0 Å². The zero-order chi connectivity index (χ0) is 46.2. The highest BCUT2D eigenvalue weighted by molar-refractivity contribution is 5.85. The summed E-state index contributed by atoms with van der Waals surface area (Å²) in [7, 11) is 1.37. The summed E-state index contributed by atoms with van der Waals surface area (Å²) in [5, 5.41) is 97.5. The Kier molecular flexibility index (Phi) is 14.0. The van der Waals surface area contributed by atoms with Crippen molar-refractivity contribution < 1.29 is 98.2 Å². The average molecular weight is 917 g/mol. The lowest BCUT2D eigenvalue weighted by atomic mass is 9.43. The summed E-state index contributed by atoms with van der Waals surface area (Å²) < 4.78 is 52.7. The first kappa shape index (κ1) is 48.5. The number of carbonyl (C=O) groups excluding carboxylic acids is 2. The van der Waals surface area contributed by atoms with E-state index < -0.39 is 134 Å². The van der Waals surface area contributed by atoms with Gasteiger partial charge in [0.15, 0.2) is 18.9 Å². The van der Waals surface area contributed by atoms with E-state index in [2.05, 4.69) is 13.8 Å². The van der Waals surface area contributed by atoms with Gasteiger partial charge in [-0.2, -0.15) is 0 Å². The standard InChI is InChI=1S/C44H68O20/c1-18-36(63-40-34(53)32(51)37(27(16-46)62-40)64-39-33(52)31(50)30(49)26(15-45)61-39)38(56-5)35(54)41(58-18)60-22-8-10-42(3)21(13-22)6-7-24-23(42)9-11-43(4)29(20-12-28(48)57-17-20)25(59-19(2)47)14-44(24,43)55/h12,18,21-27,29-41,45-46,49-55H,6-11,13-17H2,1-5H3/t18-,21+,22-,23-,24+,25-,26+,27+,29-,30+,31-,32+,33+,34+,35+,36-,37+,38-,39-,40-,41-,42-,43+,44-/m0/s1. The van der Waals surface area contributed by atoms with Gasteiger partial charge in [0.25, 0.3) is 0 Å². The van der Waals surface area contributed by atoms with Crippen LogP contribution in [0.4, 0.5) is 0 Å². The van der Waals surface area contributed by atoms with Crippen LogP contribution in [0.3, 0.4) is 0 Å². The maximum atomic E-state index is 12.9. The molecule has 3 saturated heterocycles. The van der Waals surface area contributed by atoms with Crippen LogP contribution >= 0.6 is 0 Å². The molecule has 4 aliphatic heterocycles. The van der Waals surface area contributed by atoms with Gasteiger partial charge in [-0.15, -0.1) is 0 Å². The molecule has 0 unspecified atom stereocenters. The molecule has 20 heteroatoms. The van der Waals surface area contributed by atoms with Crippen LogP contribution in [0, 0.1) is 34.5 Å². The van der Waals surface area contributed by atoms with Gasteiger partial charge in [0.05, 0.1) is 31.0 Å². The van der Waals surface area contributed by atoms with Crippen molar-refractivity contribution in [3.05, 3.63) is 11.6 Å². The number of methoxy groups -OCH3 is 1. The van der Waals surface area contributed by atoms with Gasteiger partial charge >= 0.3 is 11.9 Å². The van der Waals surface area contributed by atoms with E-state index in [0.29, 0.717) is 25.7 Å². The first-order valence-corrected chi connectivity index (χ1v) is 22.8. The molecule has 24 atom stereocenters. The van der Waals surface area contributed by atoms with E-state index in [1.165, 1.54) is 20.1 Å². The van der Waals surface area contributed by atoms with Gasteiger partial charge in [0, 0.05) is 37.9 Å². The second kappa shape index (κ2) is 18.5. The maximum absolute atomic E-state index is 12.9. The van der Waals surface area contributed by atoms with Crippen molar-refractivity contribution in [1.82, 2.24) is 0 Å². The number of rotatable bonds is 11. The monoisotopic (exact) mass is 916 g/mol. The molecular formula is C44H68O20. The number of hydrogen-bond acceptors (Lipinski definition) is 20. The fraction of sp³-hybridized carbons (Fsp3) is 0.909. The van der Waals surface area contributed by atoms with Crippen LogP contribution in [0.1, 0.15) is 79.1 Å². The fourth-order valence-electron chi connectivity index (χ4n) is 13.4. The number of cyclic esters (lactones) is 1. The van der Waals surface area contributed by atoms with Crippen molar-refractivity contribution in [1.29, 1.82) is 0 Å². The minimum atomic E-state index is -1.82. The van der Waals surface area contributed by atoms with E-state index in [1.54, 1.807) is 6.92 Å². The van der Waals surface area contributed by atoms with Gasteiger partial charge in [0.2, 0.25) is 0 Å². The van der Waals surface area contributed by atoms with Crippen LogP contribution in [0.5, 0.6) is 0 Å². The van der Waals surface area contributed by atoms with Crippen molar-refractivity contribution in [2.75, 3.05) is 26.9 Å². The molecule has 4 saturated carbocycles. The zero-order valence-electron chi connectivity index (χ0n) is 37.0. The third kappa shape index (κ3) is 8.17. The number of aliphatic hydroxyl groups is 9. The molecule has 0 aromatic heterocycles. The molecule has 0 radical (unpaired) electrons. The molecule has 9 N–H and O–H groups in total. The van der Waals surface area contributed by atoms with E-state index >= 15 is 0 Å². The molecule has 0 spiro atoms. The topological polar surface area (TPSA) is 299 Å². The van der Waals surface area contributed by atoms with E-state index in [-0.39, 0.29) is 41.8 Å². The molecule has 8 aliphatic rings. The second-order valence-corrected chi connectivity index (χ2v) is 20.1. The largest absolute Gasteiger partial charge is 0.462 e. The van der Waals surface area contributed by atoms with Crippen molar-refractivity contribution in [2.24, 2.45) is 34.5 Å². The normalized spacial score (nSPS) is 52.8. The van der Waals surface area contributed by atoms with Crippen LogP contribution in [-0.4, -0.2) is 195 Å². The molecule has 64 heavy (non-hydrogen) atoms. The molecule has 364 valence electrons. The number of aliphatic hydroxyl groups excluding tert-OH is 8. The number of fused-ring (bicyclic) bond motifs is 5. The van der Waals surface area contributed by atoms with Gasteiger partial charge in [-0.25, -0.2) is 4.79 Å². The predicted molar refractivity (Wildman–Crippen MR) is 214 cm³/mol. The molecule has 0 aromatic rings. The number of carbonyl (C=O) groups is 2. The smallest absolute Gasteiger partial charge is 0.331 e. The Morgan fingerprint density at radius 2 is 1.42 bits per heavy atom. The van der Waals surface area contributed by atoms with E-state index in [0.717, 1.165) is 31.3 Å². The molecular weight excluding hydrogens is 848 g/mol. The van der Waals surface area contributed by atoms with Crippen LogP contribution in [-0.2, 0) is 52.2 Å². The van der Waals surface area contributed by atoms with Gasteiger partial charge < -0.3 is 88.6 Å². The highest BCUT2D eigenvalue weighted by atomic mass is 16.8. The lowest BCUT2D eigenvalue weighted by molar-refractivity contribution is -0.380. The van der Waals surface area contributed by atoms with Crippen LogP contribution in [0.25, 0.3) is 0 Å². The Morgan fingerprint density at radius 1 is 0.766 bits per heavy atom. The summed E-state index contributed by atoms with van der Waals surface area (Å²) >= 11 is 0. The quantitative estimate of drug-likeness (QED) is 0.0825. The zero-order valence-corrected chi connectivity index (χ0v) is 37.0. The first-order valence-electron chi connectivity index (χ1n) is 22.8. The Labute approximate surface area is 371 Å². The molecule has 8 rings (SSSR count). The van der Waals surface area contributed by atoms with Crippen LogP contribution < -0.4 is 0 Å². The fourth-order valence-corrected chi connectivity index (χ4v) is 13.4. The summed E-state index contributed by atoms with van der Waals surface area (Å²) in [5.74, 6) is -0.779. The second-order valence-electron chi connectivity index (χ2n) is 20.1. The van der Waals surface area contributed by atoms with Gasteiger partial charge in [0.1, 0.15) is 79.9 Å². The van der Waals surface area contributed by atoms with E-state index in [4.69, 9.17) is 42.6 Å². The lowest BCUT2D eigenvalue weighted by Crippen LogP contribution is -2.66. The summed E-state index contributed by atoms with van der Waals surface area (Å²) in [6, 6.07) is 0. The van der Waals surface area contributed by atoms with Gasteiger partial charge in [-0.3, -0.25) is 4.79 Å². The molecule has 0 amide bonds. The summed E-state index contributed by atoms with van der Waals surface area (Å²) in [5.41, 5.74) is -1.11. The SMILES string of the molecule is CO[C@H]1[C@@H](O)[C@H](O[C@H]2CC[C@@]3(C)[C@H](CC[C@@H]4[C@@H]3CC[C@]3(C)[C@@H](C5=CC(=O)OC5)[C@@H](OC(C)=O)C[C@]43O)C2)O[C@@H](C)[C@@H]1O[C@@H]1O[C@H](CO)[C@@H](O[C@@H]2O[C@H](CO)[C@@H](O)[C@H](O)[C@H]2O)[C@H](O)[C@H]1O. The summed E-state index contributed by atoms with van der Waals surface area (Å²) in [6.07, 6.45) is -15.5. The Bertz CT molecular complexity index is 1710. The molecule has 4 heterocycles. The minimum Gasteiger partial charge on any atom is -0.462 e. The third-order valence-corrected chi connectivity index (χ3v) is 16.8. The molecule has 0 bridgehead atoms. The van der Waals surface area contributed by atoms with E-state index in [9.17, 15) is 55.5 Å².